The fraction of sp³-hybridized carbons (Fsp3) is 0.948. The zero-order chi connectivity index (χ0) is 70.7. The van der Waals surface area contributed by atoms with Crippen molar-refractivity contribution in [3.8, 4) is 0 Å². The van der Waals surface area contributed by atoms with Crippen molar-refractivity contribution in [2.45, 2.75) is 419 Å². The molecule has 4 unspecified atom stereocenters. The summed E-state index contributed by atoms with van der Waals surface area (Å²) in [6.45, 7) is 9.66. The lowest BCUT2D eigenvalue weighted by Gasteiger charge is -2.21. The van der Waals surface area contributed by atoms with E-state index >= 15 is 0 Å². The Morgan fingerprint density at radius 2 is 0.500 bits per heavy atom. The third-order valence-corrected chi connectivity index (χ3v) is 20.6. The highest BCUT2D eigenvalue weighted by Gasteiger charge is 2.30. The van der Waals surface area contributed by atoms with Crippen molar-refractivity contribution in [2.24, 2.45) is 11.8 Å². The standard InChI is InChI=1S/C77H150O17P2/c1-7-11-13-15-17-19-21-22-23-27-31-35-42-48-54-60-75(80)88-65-72(93-76(81)61-55-49-43-36-32-28-25-24-26-30-33-39-45-51-57-69(5)9-3)67-91-95(83,84)89-63-71(78)64-90-96(85,86)92-68-73(66-87-74(79)59-53-47-41-34-29-20-18-16-14-12-8-2)94-77(82)62-56-50-44-38-37-40-46-52-58-70(6)10-4/h69-73,78H,7-68H2,1-6H3,(H,83,84)(H,85,86)/t69?,70?,71-,72-,73-/m1/s1. The van der Waals surface area contributed by atoms with E-state index in [1.54, 1.807) is 0 Å². The van der Waals surface area contributed by atoms with Crippen molar-refractivity contribution in [1.82, 2.24) is 0 Å². The van der Waals surface area contributed by atoms with Gasteiger partial charge in [-0.1, -0.05) is 350 Å². The van der Waals surface area contributed by atoms with E-state index in [0.29, 0.717) is 25.7 Å². The molecule has 0 heterocycles. The van der Waals surface area contributed by atoms with Crippen LogP contribution in [0.1, 0.15) is 401 Å². The first-order valence-corrected chi connectivity index (χ1v) is 43.1. The van der Waals surface area contributed by atoms with Crippen LogP contribution in [0.4, 0.5) is 0 Å². The Labute approximate surface area is 588 Å². The summed E-state index contributed by atoms with van der Waals surface area (Å²) < 4.78 is 68.6. The molecule has 3 N–H and O–H groups in total. The van der Waals surface area contributed by atoms with Gasteiger partial charge < -0.3 is 33.8 Å². The predicted molar refractivity (Wildman–Crippen MR) is 391 cm³/mol. The molecule has 0 aromatic carbocycles. The molecule has 0 aromatic heterocycles. The molecule has 0 saturated carbocycles. The van der Waals surface area contributed by atoms with E-state index in [2.05, 4.69) is 41.5 Å². The number of unbranched alkanes of at least 4 members (excludes halogenated alkanes) is 44. The van der Waals surface area contributed by atoms with Gasteiger partial charge >= 0.3 is 39.5 Å². The Bertz CT molecular complexity index is 1860. The Morgan fingerprint density at radius 3 is 0.740 bits per heavy atom. The van der Waals surface area contributed by atoms with Gasteiger partial charge in [0.2, 0.25) is 0 Å². The second-order valence-electron chi connectivity index (χ2n) is 28.2. The summed E-state index contributed by atoms with van der Waals surface area (Å²) in [6, 6.07) is 0. The van der Waals surface area contributed by atoms with Crippen LogP contribution in [0.15, 0.2) is 0 Å². The Balaban J connectivity index is 5.25. The average Bonchev–Trinajstić information content (AvgIpc) is 1.34. The molecular weight excluding hydrogens is 1260 g/mol. The topological polar surface area (TPSA) is 237 Å². The lowest BCUT2D eigenvalue weighted by Crippen LogP contribution is -2.30. The Hall–Kier alpha value is -1.94. The number of aliphatic hydroxyl groups excluding tert-OH is 1. The van der Waals surface area contributed by atoms with Crippen molar-refractivity contribution in [3.63, 3.8) is 0 Å². The van der Waals surface area contributed by atoms with Gasteiger partial charge in [-0.25, -0.2) is 9.13 Å². The van der Waals surface area contributed by atoms with Gasteiger partial charge in [0.05, 0.1) is 26.4 Å². The SMILES string of the molecule is CCCCCCCCCCCCCCCCCC(=O)OC[C@H](COP(=O)(O)OC[C@@H](O)COP(=O)(O)OC[C@@H](COC(=O)CCCCCCCCCCCCC)OC(=O)CCCCCCCCCCC(C)CC)OC(=O)CCCCCCCCCCCCCCCCC(C)CC. The largest absolute Gasteiger partial charge is 0.472 e. The molecule has 0 saturated heterocycles. The summed E-state index contributed by atoms with van der Waals surface area (Å²) in [5.41, 5.74) is 0. The molecule has 17 nitrogen and oxygen atoms in total. The van der Waals surface area contributed by atoms with Crippen LogP contribution in [0.2, 0.25) is 0 Å². The lowest BCUT2D eigenvalue weighted by atomic mass is 9.99. The number of aliphatic hydroxyl groups is 1. The van der Waals surface area contributed by atoms with E-state index in [4.69, 9.17) is 37.0 Å². The number of phosphoric acid groups is 2. The van der Waals surface area contributed by atoms with Gasteiger partial charge in [0.15, 0.2) is 12.2 Å². The number of carbonyl (C=O) groups is 4. The van der Waals surface area contributed by atoms with Gasteiger partial charge in [-0.2, -0.15) is 0 Å². The first-order valence-electron chi connectivity index (χ1n) is 40.1. The molecule has 0 radical (unpaired) electrons. The monoisotopic (exact) mass is 1410 g/mol. The van der Waals surface area contributed by atoms with Gasteiger partial charge in [-0.15, -0.1) is 0 Å². The zero-order valence-electron chi connectivity index (χ0n) is 62.7. The summed E-state index contributed by atoms with van der Waals surface area (Å²) in [4.78, 5) is 72.9. The fourth-order valence-electron chi connectivity index (χ4n) is 11.8. The summed E-state index contributed by atoms with van der Waals surface area (Å²) in [5, 5.41) is 10.6. The number of esters is 4. The maximum absolute atomic E-state index is 13.1. The maximum atomic E-state index is 13.1. The molecule has 0 rings (SSSR count). The van der Waals surface area contributed by atoms with E-state index in [1.807, 2.05) is 0 Å². The molecule has 0 aliphatic heterocycles. The highest BCUT2D eigenvalue weighted by atomic mass is 31.2. The van der Waals surface area contributed by atoms with Gasteiger partial charge in [0.25, 0.3) is 0 Å². The number of hydrogen-bond donors (Lipinski definition) is 3. The van der Waals surface area contributed by atoms with Gasteiger partial charge in [0.1, 0.15) is 19.3 Å². The molecule has 0 aromatic rings. The molecule has 570 valence electrons. The molecule has 0 aliphatic rings. The second kappa shape index (κ2) is 68.8. The first-order chi connectivity index (χ1) is 46.4. The molecule has 0 amide bonds. The van der Waals surface area contributed by atoms with Crippen LogP contribution < -0.4 is 0 Å². The van der Waals surface area contributed by atoms with Crippen molar-refractivity contribution in [1.29, 1.82) is 0 Å². The van der Waals surface area contributed by atoms with Crippen molar-refractivity contribution in [3.05, 3.63) is 0 Å². The number of hydrogen-bond acceptors (Lipinski definition) is 15. The fourth-order valence-corrected chi connectivity index (χ4v) is 13.3. The van der Waals surface area contributed by atoms with Gasteiger partial charge in [0, 0.05) is 25.7 Å². The highest BCUT2D eigenvalue weighted by molar-refractivity contribution is 7.47. The van der Waals surface area contributed by atoms with E-state index in [9.17, 15) is 43.2 Å². The summed E-state index contributed by atoms with van der Waals surface area (Å²) >= 11 is 0. The maximum Gasteiger partial charge on any atom is 0.472 e. The van der Waals surface area contributed by atoms with E-state index < -0.39 is 97.5 Å². The molecule has 0 fully saturated rings. The van der Waals surface area contributed by atoms with Crippen LogP contribution in [-0.4, -0.2) is 96.7 Å². The lowest BCUT2D eigenvalue weighted by molar-refractivity contribution is -0.161. The number of carbonyl (C=O) groups excluding carboxylic acids is 4. The van der Waals surface area contributed by atoms with Gasteiger partial charge in [-0.05, 0) is 37.5 Å². The van der Waals surface area contributed by atoms with Crippen LogP contribution in [0.3, 0.4) is 0 Å². The Kier molecular flexibility index (Phi) is 67.4. The first kappa shape index (κ1) is 94.1. The molecular formula is C77H150O17P2. The van der Waals surface area contributed by atoms with Crippen LogP contribution >= 0.6 is 15.6 Å². The van der Waals surface area contributed by atoms with Gasteiger partial charge in [-0.3, -0.25) is 37.3 Å². The minimum atomic E-state index is -4.96. The zero-order valence-corrected chi connectivity index (χ0v) is 64.5. The highest BCUT2D eigenvalue weighted by Crippen LogP contribution is 2.45. The summed E-state index contributed by atoms with van der Waals surface area (Å²) in [7, 11) is -9.91. The van der Waals surface area contributed by atoms with E-state index in [-0.39, 0.29) is 25.7 Å². The number of ether oxygens (including phenoxy) is 4. The molecule has 0 spiro atoms. The van der Waals surface area contributed by atoms with Crippen LogP contribution in [0.25, 0.3) is 0 Å². The van der Waals surface area contributed by atoms with Crippen LogP contribution in [0.5, 0.6) is 0 Å². The summed E-state index contributed by atoms with van der Waals surface area (Å²) in [6.07, 6.45) is 56.6. The van der Waals surface area contributed by atoms with E-state index in [0.717, 1.165) is 102 Å². The van der Waals surface area contributed by atoms with Crippen LogP contribution in [0, 0.1) is 11.8 Å². The normalized spacial score (nSPS) is 14.6. The van der Waals surface area contributed by atoms with Crippen molar-refractivity contribution >= 4 is 39.5 Å². The average molecular weight is 1410 g/mol. The van der Waals surface area contributed by atoms with Crippen molar-refractivity contribution < 1.29 is 80.2 Å². The summed E-state index contributed by atoms with van der Waals surface area (Å²) in [5.74, 6) is -0.498. The number of phosphoric ester groups is 2. The van der Waals surface area contributed by atoms with Crippen LogP contribution in [-0.2, 0) is 65.4 Å². The second-order valence-corrected chi connectivity index (χ2v) is 31.1. The Morgan fingerprint density at radius 1 is 0.292 bits per heavy atom. The quantitative estimate of drug-likeness (QED) is 0.0222. The van der Waals surface area contributed by atoms with Crippen molar-refractivity contribution in [2.75, 3.05) is 39.6 Å². The minimum Gasteiger partial charge on any atom is -0.462 e. The molecule has 0 bridgehead atoms. The third-order valence-electron chi connectivity index (χ3n) is 18.7. The third kappa shape index (κ3) is 67.9. The smallest absolute Gasteiger partial charge is 0.462 e. The predicted octanol–water partition coefficient (Wildman–Crippen LogP) is 22.7. The molecule has 96 heavy (non-hydrogen) atoms. The molecule has 7 atom stereocenters. The number of rotatable bonds is 76. The molecule has 0 aliphatic carbocycles. The minimum absolute atomic E-state index is 0.105. The van der Waals surface area contributed by atoms with E-state index in [1.165, 1.54) is 218 Å². The molecule has 19 heteroatoms.